The fourth-order valence-electron chi connectivity index (χ4n) is 4.14. The van der Waals surface area contributed by atoms with Crippen molar-refractivity contribution in [3.8, 4) is 0 Å². The van der Waals surface area contributed by atoms with Gasteiger partial charge < -0.3 is 49.9 Å². The highest BCUT2D eigenvalue weighted by molar-refractivity contribution is 5.84. The van der Waals surface area contributed by atoms with E-state index in [1.54, 1.807) is 0 Å². The van der Waals surface area contributed by atoms with E-state index in [-0.39, 0.29) is 77.3 Å². The van der Waals surface area contributed by atoms with Crippen LogP contribution >= 0.6 is 0 Å². The van der Waals surface area contributed by atoms with Crippen molar-refractivity contribution in [3.05, 3.63) is 0 Å². The van der Waals surface area contributed by atoms with Crippen molar-refractivity contribution >= 4 is 35.9 Å². The Hall–Kier alpha value is -3.14. The molecule has 0 saturated carbocycles. The Bertz CT molecular complexity index is 844. The van der Waals surface area contributed by atoms with Crippen LogP contribution in [-0.4, -0.2) is 118 Å². The zero-order chi connectivity index (χ0) is 34.1. The van der Waals surface area contributed by atoms with Crippen LogP contribution in [0.3, 0.4) is 0 Å². The molecule has 0 bridgehead atoms. The van der Waals surface area contributed by atoms with E-state index in [1.807, 2.05) is 0 Å². The molecule has 3 amide bonds. The predicted molar refractivity (Wildman–Crippen MR) is 167 cm³/mol. The lowest BCUT2D eigenvalue weighted by atomic mass is 10.1. The number of ether oxygens (including phenoxy) is 4. The first kappa shape index (κ1) is 42.9. The van der Waals surface area contributed by atoms with Gasteiger partial charge in [-0.05, 0) is 19.3 Å². The summed E-state index contributed by atoms with van der Waals surface area (Å²) in [6, 6.07) is -1.15. The fourth-order valence-corrected chi connectivity index (χ4v) is 4.14. The van der Waals surface area contributed by atoms with E-state index in [0.717, 1.165) is 51.4 Å². The zero-order valence-corrected chi connectivity index (χ0v) is 27.1. The average molecular weight is 662 g/mol. The van der Waals surface area contributed by atoms with Crippen molar-refractivity contribution in [1.29, 1.82) is 0 Å². The summed E-state index contributed by atoms with van der Waals surface area (Å²) in [4.78, 5) is 67.3. The molecule has 5 N–H and O–H groups in total. The van der Waals surface area contributed by atoms with Gasteiger partial charge in [0.25, 0.3) is 0 Å². The van der Waals surface area contributed by atoms with E-state index < -0.39 is 23.9 Å². The lowest BCUT2D eigenvalue weighted by Gasteiger charge is -2.13. The first-order chi connectivity index (χ1) is 22.3. The van der Waals surface area contributed by atoms with Crippen LogP contribution in [-0.2, 0) is 47.7 Å². The number of amides is 3. The summed E-state index contributed by atoms with van der Waals surface area (Å²) in [5, 5.41) is 25.4. The smallest absolute Gasteiger partial charge is 0.326 e. The highest BCUT2D eigenvalue weighted by atomic mass is 16.5. The second kappa shape index (κ2) is 31.8. The van der Waals surface area contributed by atoms with Gasteiger partial charge in [-0.25, -0.2) is 4.79 Å². The quantitative estimate of drug-likeness (QED) is 0.0491. The average Bonchev–Trinajstić information content (AvgIpc) is 3.01. The van der Waals surface area contributed by atoms with Gasteiger partial charge >= 0.3 is 11.9 Å². The Balaban J connectivity index is 3.43. The highest BCUT2D eigenvalue weighted by Crippen LogP contribution is 2.12. The summed E-state index contributed by atoms with van der Waals surface area (Å²) < 4.78 is 21.1. The molecule has 0 unspecified atom stereocenters. The van der Waals surface area contributed by atoms with Gasteiger partial charge in [-0.1, -0.05) is 51.4 Å². The van der Waals surface area contributed by atoms with Gasteiger partial charge in [-0.15, -0.1) is 0 Å². The van der Waals surface area contributed by atoms with Crippen LogP contribution in [0.1, 0.15) is 89.9 Å². The maximum atomic E-state index is 11.9. The Morgan fingerprint density at radius 1 is 0.565 bits per heavy atom. The van der Waals surface area contributed by atoms with E-state index in [1.165, 1.54) is 12.8 Å². The largest absolute Gasteiger partial charge is 0.481 e. The molecule has 1 atom stereocenters. The number of nitrogens with one attached hydrogen (secondary N) is 3. The molecule has 0 fully saturated rings. The zero-order valence-electron chi connectivity index (χ0n) is 27.1. The summed E-state index contributed by atoms with van der Waals surface area (Å²) in [6.45, 7) is 1.58. The van der Waals surface area contributed by atoms with Crippen LogP contribution in [0, 0.1) is 0 Å². The number of unbranched alkanes of at least 4 members (excludes halogenated alkanes) is 9. The van der Waals surface area contributed by atoms with Crippen LogP contribution in [0.2, 0.25) is 0 Å². The van der Waals surface area contributed by atoms with E-state index in [4.69, 9.17) is 29.2 Å². The van der Waals surface area contributed by atoms with E-state index in [0.29, 0.717) is 32.5 Å². The monoisotopic (exact) mass is 661 g/mol. The highest BCUT2D eigenvalue weighted by Gasteiger charge is 2.19. The number of hydrogen-bond acceptors (Lipinski definition) is 10. The number of rotatable bonds is 34. The van der Waals surface area contributed by atoms with Gasteiger partial charge in [0.1, 0.15) is 25.5 Å². The first-order valence-corrected chi connectivity index (χ1v) is 16.3. The minimum Gasteiger partial charge on any atom is -0.481 e. The third kappa shape index (κ3) is 30.9. The summed E-state index contributed by atoms with van der Waals surface area (Å²) in [5.41, 5.74) is 0. The second-order valence-electron chi connectivity index (χ2n) is 10.7. The van der Waals surface area contributed by atoms with Crippen LogP contribution in [0.25, 0.3) is 0 Å². The molecule has 0 aliphatic rings. The number of aliphatic carboxylic acids is 2. The maximum absolute atomic E-state index is 11.9. The molecule has 46 heavy (non-hydrogen) atoms. The molecule has 0 aliphatic carbocycles. The van der Waals surface area contributed by atoms with Crippen molar-refractivity contribution in [1.82, 2.24) is 16.0 Å². The molecule has 0 aromatic rings. The Morgan fingerprint density at radius 2 is 1.02 bits per heavy atom. The Kier molecular flexibility index (Phi) is 29.7. The van der Waals surface area contributed by atoms with Crippen LogP contribution in [0.4, 0.5) is 0 Å². The van der Waals surface area contributed by atoms with Gasteiger partial charge in [0.15, 0.2) is 0 Å². The standard InChI is InChI=1S/C31H55N3O12/c35-17-11-12-26(31(41)42)34-29(38)25-46-23-21-44-19-16-33-28(37)24-45-22-20-43-18-15-32-27(36)13-9-7-5-3-1-2-4-6-8-10-14-30(39)40/h17,26H,1-16,18-25H2,(H,32,36)(H,33,37)(H,34,38)(H,39,40)(H,41,42)/t26-/m0/s1. The van der Waals surface area contributed by atoms with Gasteiger partial charge in [-0.3, -0.25) is 19.2 Å². The van der Waals surface area contributed by atoms with Crippen molar-refractivity contribution < 1.29 is 57.9 Å². The molecule has 0 radical (unpaired) electrons. The molecule has 266 valence electrons. The molecule has 0 aliphatic heterocycles. The fraction of sp³-hybridized carbons (Fsp3) is 0.806. The molecule has 15 heteroatoms. The number of hydrogen-bond donors (Lipinski definition) is 5. The molecule has 0 aromatic heterocycles. The van der Waals surface area contributed by atoms with Crippen molar-refractivity contribution in [2.24, 2.45) is 0 Å². The molecule has 0 saturated heterocycles. The minimum atomic E-state index is -1.22. The summed E-state index contributed by atoms with van der Waals surface area (Å²) in [5.74, 6) is -2.85. The third-order valence-electron chi connectivity index (χ3n) is 6.60. The van der Waals surface area contributed by atoms with Crippen molar-refractivity contribution in [2.45, 2.75) is 95.9 Å². The van der Waals surface area contributed by atoms with Crippen LogP contribution in [0.15, 0.2) is 0 Å². The molecular formula is C31H55N3O12. The second-order valence-corrected chi connectivity index (χ2v) is 10.7. The van der Waals surface area contributed by atoms with Crippen LogP contribution in [0.5, 0.6) is 0 Å². The maximum Gasteiger partial charge on any atom is 0.326 e. The Labute approximate surface area is 271 Å². The van der Waals surface area contributed by atoms with Crippen molar-refractivity contribution in [3.63, 3.8) is 0 Å². The van der Waals surface area contributed by atoms with E-state index in [9.17, 15) is 28.8 Å². The van der Waals surface area contributed by atoms with Gasteiger partial charge in [0.05, 0.1) is 39.6 Å². The number of carboxylic acids is 2. The molecule has 15 nitrogen and oxygen atoms in total. The normalized spacial score (nSPS) is 11.5. The molecule has 0 heterocycles. The minimum absolute atomic E-state index is 0.00515. The molecule has 0 rings (SSSR count). The third-order valence-corrected chi connectivity index (χ3v) is 6.60. The van der Waals surface area contributed by atoms with Crippen LogP contribution < -0.4 is 16.0 Å². The van der Waals surface area contributed by atoms with Crippen molar-refractivity contribution in [2.75, 3.05) is 65.9 Å². The van der Waals surface area contributed by atoms with E-state index >= 15 is 0 Å². The van der Waals surface area contributed by atoms with Gasteiger partial charge in [0, 0.05) is 32.4 Å². The summed E-state index contributed by atoms with van der Waals surface area (Å²) >= 11 is 0. The van der Waals surface area contributed by atoms with Gasteiger partial charge in [-0.2, -0.15) is 0 Å². The molecule has 0 spiro atoms. The topological polar surface area (TPSA) is 216 Å². The Morgan fingerprint density at radius 3 is 1.52 bits per heavy atom. The number of carbonyl (C=O) groups is 6. The van der Waals surface area contributed by atoms with E-state index in [2.05, 4.69) is 16.0 Å². The number of carboxylic acid groups (broad SMARTS) is 2. The van der Waals surface area contributed by atoms with Gasteiger partial charge in [0.2, 0.25) is 17.7 Å². The lowest BCUT2D eigenvalue weighted by Crippen LogP contribution is -2.42. The number of aldehydes is 1. The molecular weight excluding hydrogens is 606 g/mol. The number of carbonyl (C=O) groups excluding carboxylic acids is 4. The molecule has 0 aromatic carbocycles. The predicted octanol–water partition coefficient (Wildman–Crippen LogP) is 1.60. The summed E-state index contributed by atoms with van der Waals surface area (Å²) in [6.07, 6.45) is 11.9. The summed E-state index contributed by atoms with van der Waals surface area (Å²) in [7, 11) is 0. The first-order valence-electron chi connectivity index (χ1n) is 16.3. The SMILES string of the molecule is O=CCC[C@H](NC(=O)COCCOCCNC(=O)COCCOCCNC(=O)CCCCCCCCCCCCC(=O)O)C(=O)O. The lowest BCUT2D eigenvalue weighted by molar-refractivity contribution is -0.143.